The van der Waals surface area contributed by atoms with Gasteiger partial charge in [0.15, 0.2) is 6.10 Å². The van der Waals surface area contributed by atoms with Crippen LogP contribution in [-0.4, -0.2) is 70.0 Å². The zero-order chi connectivity index (χ0) is 55.6. The molecule has 0 N–H and O–H groups in total. The summed E-state index contributed by atoms with van der Waals surface area (Å²) in [7, 11) is 1.15. The van der Waals surface area contributed by atoms with Crippen LogP contribution in [-0.2, 0) is 32.7 Å². The summed E-state index contributed by atoms with van der Waals surface area (Å²) < 4.78 is 34.1. The first kappa shape index (κ1) is 72.9. The number of esters is 2. The molecule has 0 spiro atoms. The SMILES string of the molecule is CC/C=C\C/C=C\C/C=C\C/C=C\CCCCCCCCCCCCCCCCCCCCCCCCC(=O)OC(COC(=O)CCCCCC/C=C\C/C=C\C/C=C\C/C=C\CC)COP(=O)([O-])OCC[N+](C)(C)C. The highest BCUT2D eigenvalue weighted by atomic mass is 31.2. The van der Waals surface area contributed by atoms with Gasteiger partial charge in [-0.25, -0.2) is 0 Å². The molecule has 0 saturated carbocycles. The summed E-state index contributed by atoms with van der Waals surface area (Å²) in [5, 5.41) is 0. The number of rotatable bonds is 56. The Hall–Kier alpha value is -3.07. The summed E-state index contributed by atoms with van der Waals surface area (Å²) in [5.41, 5.74) is 0. The molecule has 0 aliphatic rings. The van der Waals surface area contributed by atoms with Crippen LogP contribution < -0.4 is 4.89 Å². The van der Waals surface area contributed by atoms with Gasteiger partial charge in [-0.05, 0) is 89.9 Å². The average Bonchev–Trinajstić information content (AvgIpc) is 3.38. The van der Waals surface area contributed by atoms with Gasteiger partial charge in [-0.3, -0.25) is 14.2 Å². The molecule has 0 aliphatic heterocycles. The van der Waals surface area contributed by atoms with Crippen molar-refractivity contribution in [2.24, 2.45) is 0 Å². The lowest BCUT2D eigenvalue weighted by Gasteiger charge is -2.28. The standard InChI is InChI=1S/C66H116NO8P/c1-6-8-10-12-14-16-18-20-22-24-25-26-27-28-29-30-31-32-33-34-35-36-37-38-39-40-41-43-45-47-49-51-53-55-57-59-66(69)75-64(63-74-76(70,71)73-61-60-67(3,4)5)62-72-65(68)58-56-54-52-50-48-46-44-42-23-21-19-17-15-13-11-9-7-2/h8-11,14-17,20-23,25-26,44,46,64H,6-7,12-13,18-19,24,27-43,45,47-63H2,1-5H3/b10-8-,11-9-,16-14-,17-15-,22-20-,23-21-,26-25-,46-44-. The van der Waals surface area contributed by atoms with E-state index >= 15 is 0 Å². The van der Waals surface area contributed by atoms with Crippen LogP contribution in [0.3, 0.4) is 0 Å². The Morgan fingerprint density at radius 2 is 0.711 bits per heavy atom. The van der Waals surface area contributed by atoms with Crippen LogP contribution in [0.1, 0.15) is 258 Å². The van der Waals surface area contributed by atoms with Gasteiger partial charge in [-0.15, -0.1) is 0 Å². The van der Waals surface area contributed by atoms with Gasteiger partial charge in [-0.2, -0.15) is 0 Å². The molecule has 438 valence electrons. The highest BCUT2D eigenvalue weighted by molar-refractivity contribution is 7.45. The number of carbonyl (C=O) groups is 2. The van der Waals surface area contributed by atoms with Gasteiger partial charge in [0.25, 0.3) is 7.82 Å². The zero-order valence-electron chi connectivity index (χ0n) is 49.7. The molecule has 0 amide bonds. The highest BCUT2D eigenvalue weighted by Crippen LogP contribution is 2.38. The van der Waals surface area contributed by atoms with Gasteiger partial charge < -0.3 is 27.9 Å². The Labute approximate surface area is 468 Å². The summed E-state index contributed by atoms with van der Waals surface area (Å²) in [6.45, 7) is 4.00. The van der Waals surface area contributed by atoms with Crippen molar-refractivity contribution in [2.75, 3.05) is 47.5 Å². The number of phosphoric ester groups is 1. The molecule has 0 heterocycles. The van der Waals surface area contributed by atoms with Crippen LogP contribution in [0.15, 0.2) is 97.2 Å². The lowest BCUT2D eigenvalue weighted by Crippen LogP contribution is -2.37. The molecule has 0 aromatic heterocycles. The molecule has 0 fully saturated rings. The van der Waals surface area contributed by atoms with Gasteiger partial charge in [-0.1, -0.05) is 252 Å². The second kappa shape index (κ2) is 56.6. The fourth-order valence-corrected chi connectivity index (χ4v) is 9.13. The van der Waals surface area contributed by atoms with E-state index in [2.05, 4.69) is 111 Å². The molecule has 0 aromatic rings. The Morgan fingerprint density at radius 3 is 1.05 bits per heavy atom. The minimum Gasteiger partial charge on any atom is -0.756 e. The van der Waals surface area contributed by atoms with Crippen molar-refractivity contribution < 1.29 is 42.1 Å². The summed E-state index contributed by atoms with van der Waals surface area (Å²) in [4.78, 5) is 37.9. The van der Waals surface area contributed by atoms with Gasteiger partial charge in [0.05, 0.1) is 27.7 Å². The molecule has 0 aliphatic carbocycles. The first-order valence-electron chi connectivity index (χ1n) is 30.9. The number of allylic oxidation sites excluding steroid dienone is 16. The Morgan fingerprint density at radius 1 is 0.408 bits per heavy atom. The van der Waals surface area contributed by atoms with E-state index in [1.54, 1.807) is 0 Å². The van der Waals surface area contributed by atoms with E-state index < -0.39 is 32.5 Å². The number of quaternary nitrogens is 1. The summed E-state index contributed by atoms with van der Waals surface area (Å²) >= 11 is 0. The average molecular weight is 1080 g/mol. The van der Waals surface area contributed by atoms with Crippen LogP contribution in [0.25, 0.3) is 0 Å². The summed E-state index contributed by atoms with van der Waals surface area (Å²) in [6.07, 6.45) is 77.7. The highest BCUT2D eigenvalue weighted by Gasteiger charge is 2.22. The van der Waals surface area contributed by atoms with E-state index in [0.29, 0.717) is 23.9 Å². The van der Waals surface area contributed by atoms with Crippen LogP contribution in [0.4, 0.5) is 0 Å². The number of likely N-dealkylation sites (N-methyl/N-ethyl adjacent to an activating group) is 1. The molecule has 76 heavy (non-hydrogen) atoms. The molecular weight excluding hydrogens is 966 g/mol. The number of nitrogens with zero attached hydrogens (tertiary/aromatic N) is 1. The Kier molecular flexibility index (Phi) is 54.4. The molecule has 10 heteroatoms. The lowest BCUT2D eigenvalue weighted by atomic mass is 10.0. The van der Waals surface area contributed by atoms with E-state index in [-0.39, 0.29) is 26.1 Å². The predicted octanol–water partition coefficient (Wildman–Crippen LogP) is 19.0. The van der Waals surface area contributed by atoms with Gasteiger partial charge >= 0.3 is 11.9 Å². The Bertz CT molecular complexity index is 1600. The molecule has 0 rings (SSSR count). The zero-order valence-corrected chi connectivity index (χ0v) is 50.6. The smallest absolute Gasteiger partial charge is 0.306 e. The largest absolute Gasteiger partial charge is 0.756 e. The maximum Gasteiger partial charge on any atom is 0.306 e. The third kappa shape index (κ3) is 60.2. The lowest BCUT2D eigenvalue weighted by molar-refractivity contribution is -0.870. The topological polar surface area (TPSA) is 111 Å². The fraction of sp³-hybridized carbons (Fsp3) is 0.727. The van der Waals surface area contributed by atoms with E-state index in [4.69, 9.17) is 18.5 Å². The number of hydrogen-bond donors (Lipinski definition) is 0. The van der Waals surface area contributed by atoms with Crippen LogP contribution in [0, 0.1) is 0 Å². The maximum atomic E-state index is 12.8. The third-order valence-electron chi connectivity index (χ3n) is 13.1. The van der Waals surface area contributed by atoms with E-state index in [1.807, 2.05) is 21.1 Å². The van der Waals surface area contributed by atoms with Crippen molar-refractivity contribution in [3.05, 3.63) is 97.2 Å². The van der Waals surface area contributed by atoms with Gasteiger partial charge in [0, 0.05) is 12.8 Å². The molecular formula is C66H116NO8P. The van der Waals surface area contributed by atoms with E-state index in [0.717, 1.165) is 96.3 Å². The number of unbranched alkanes of at least 4 members (excludes halogenated alkanes) is 26. The molecule has 2 atom stereocenters. The van der Waals surface area contributed by atoms with Crippen LogP contribution in [0.2, 0.25) is 0 Å². The first-order chi connectivity index (χ1) is 37.0. The monoisotopic (exact) mass is 1080 g/mol. The summed E-state index contributed by atoms with van der Waals surface area (Å²) in [6, 6.07) is 0. The van der Waals surface area contributed by atoms with Crippen molar-refractivity contribution in [3.8, 4) is 0 Å². The molecule has 0 radical (unpaired) electrons. The second-order valence-corrected chi connectivity index (χ2v) is 23.1. The minimum absolute atomic E-state index is 0.0376. The fourth-order valence-electron chi connectivity index (χ4n) is 8.40. The van der Waals surface area contributed by atoms with Crippen molar-refractivity contribution in [2.45, 2.75) is 264 Å². The molecule has 0 saturated heterocycles. The van der Waals surface area contributed by atoms with Crippen molar-refractivity contribution in [3.63, 3.8) is 0 Å². The minimum atomic E-state index is -4.65. The van der Waals surface area contributed by atoms with Crippen LogP contribution >= 0.6 is 7.82 Å². The Balaban J connectivity index is 4.03. The summed E-state index contributed by atoms with van der Waals surface area (Å²) in [5.74, 6) is -0.858. The van der Waals surface area contributed by atoms with Crippen LogP contribution in [0.5, 0.6) is 0 Å². The van der Waals surface area contributed by atoms with Gasteiger partial charge in [0.1, 0.15) is 19.8 Å². The quantitative estimate of drug-likeness (QED) is 0.0195. The predicted molar refractivity (Wildman–Crippen MR) is 323 cm³/mol. The molecule has 2 unspecified atom stereocenters. The number of hydrogen-bond acceptors (Lipinski definition) is 8. The normalized spacial score (nSPS) is 13.9. The number of carbonyl (C=O) groups excluding carboxylic acids is 2. The van der Waals surface area contributed by atoms with Gasteiger partial charge in [0.2, 0.25) is 0 Å². The second-order valence-electron chi connectivity index (χ2n) is 21.7. The maximum absolute atomic E-state index is 12.8. The third-order valence-corrected chi connectivity index (χ3v) is 14.1. The van der Waals surface area contributed by atoms with Crippen molar-refractivity contribution in [1.82, 2.24) is 0 Å². The molecule has 9 nitrogen and oxygen atoms in total. The number of phosphoric acid groups is 1. The first-order valence-corrected chi connectivity index (χ1v) is 32.4. The van der Waals surface area contributed by atoms with E-state index in [9.17, 15) is 19.0 Å². The van der Waals surface area contributed by atoms with Crippen molar-refractivity contribution >= 4 is 19.8 Å². The molecule has 0 aromatic carbocycles. The van der Waals surface area contributed by atoms with E-state index in [1.165, 1.54) is 122 Å². The van der Waals surface area contributed by atoms with Crippen molar-refractivity contribution in [1.29, 1.82) is 0 Å². The molecule has 0 bridgehead atoms. The number of ether oxygens (including phenoxy) is 2.